The second kappa shape index (κ2) is 4.80. The smallest absolute Gasteiger partial charge is 0.287 e. The van der Waals surface area contributed by atoms with E-state index in [4.69, 9.17) is 0 Å². The molecule has 0 spiro atoms. The van der Waals surface area contributed by atoms with Crippen molar-refractivity contribution in [3.63, 3.8) is 0 Å². The minimum absolute atomic E-state index is 0.216. The maximum Gasteiger partial charge on any atom is 0.287 e. The molecule has 2 N–H and O–H groups in total. The number of hydrogen-bond donors (Lipinski definition) is 2. The number of aryl methyl sites for hydroxylation is 1. The van der Waals surface area contributed by atoms with Gasteiger partial charge in [-0.05, 0) is 19.1 Å². The van der Waals surface area contributed by atoms with Gasteiger partial charge in [-0.3, -0.25) is 4.79 Å². The number of para-hydroxylation sites is 2. The van der Waals surface area contributed by atoms with Crippen LogP contribution in [0, 0.1) is 0 Å². The van der Waals surface area contributed by atoms with Crippen molar-refractivity contribution in [2.75, 3.05) is 0 Å². The lowest BCUT2D eigenvalue weighted by Crippen LogP contribution is -2.29. The minimum atomic E-state index is -0.217. The third kappa shape index (κ3) is 2.16. The third-order valence-corrected chi connectivity index (χ3v) is 3.19. The Bertz CT molecular complexity index is 725. The molecule has 0 aliphatic heterocycles. The molecule has 0 fully saturated rings. The lowest BCUT2D eigenvalue weighted by Gasteiger charge is -2.10. The molecule has 102 valence electrons. The summed E-state index contributed by atoms with van der Waals surface area (Å²) < 4.78 is 1.68. The van der Waals surface area contributed by atoms with Gasteiger partial charge >= 0.3 is 0 Å². The average molecular weight is 269 g/mol. The molecule has 3 aromatic rings. The first-order chi connectivity index (χ1) is 9.65. The fourth-order valence-electron chi connectivity index (χ4n) is 2.09. The van der Waals surface area contributed by atoms with Crippen LogP contribution in [0.3, 0.4) is 0 Å². The molecule has 3 rings (SSSR count). The van der Waals surface area contributed by atoms with Crippen molar-refractivity contribution in [2.24, 2.45) is 7.05 Å². The van der Waals surface area contributed by atoms with Crippen LogP contribution in [0.15, 0.2) is 36.7 Å². The van der Waals surface area contributed by atoms with Gasteiger partial charge < -0.3 is 14.9 Å². The largest absolute Gasteiger partial charge is 0.340 e. The molecule has 1 atom stereocenters. The van der Waals surface area contributed by atoms with E-state index in [1.54, 1.807) is 24.0 Å². The van der Waals surface area contributed by atoms with Crippen LogP contribution >= 0.6 is 0 Å². The summed E-state index contributed by atoms with van der Waals surface area (Å²) in [6, 6.07) is 7.55. The Hall–Kier alpha value is -2.63. The van der Waals surface area contributed by atoms with Gasteiger partial charge in [-0.2, -0.15) is 0 Å². The highest BCUT2D eigenvalue weighted by atomic mass is 16.2. The van der Waals surface area contributed by atoms with E-state index in [0.29, 0.717) is 5.82 Å². The lowest BCUT2D eigenvalue weighted by molar-refractivity contribution is 0.0925. The summed E-state index contributed by atoms with van der Waals surface area (Å²) in [4.78, 5) is 23.8. The van der Waals surface area contributed by atoms with Crippen molar-refractivity contribution in [3.8, 4) is 0 Å². The summed E-state index contributed by atoms with van der Waals surface area (Å²) in [6.45, 7) is 1.89. The second-order valence-electron chi connectivity index (χ2n) is 4.70. The van der Waals surface area contributed by atoms with Crippen molar-refractivity contribution >= 4 is 16.9 Å². The number of amides is 1. The zero-order chi connectivity index (χ0) is 14.1. The molecule has 2 aromatic heterocycles. The van der Waals surface area contributed by atoms with Crippen molar-refractivity contribution in [1.29, 1.82) is 0 Å². The molecule has 1 unspecified atom stereocenters. The number of fused-ring (bicyclic) bond motifs is 1. The molecule has 6 heteroatoms. The van der Waals surface area contributed by atoms with E-state index in [0.717, 1.165) is 16.9 Å². The van der Waals surface area contributed by atoms with Gasteiger partial charge in [0.05, 0.1) is 17.1 Å². The number of aromatic nitrogens is 4. The van der Waals surface area contributed by atoms with Gasteiger partial charge in [-0.1, -0.05) is 12.1 Å². The second-order valence-corrected chi connectivity index (χ2v) is 4.70. The van der Waals surface area contributed by atoms with Crippen LogP contribution in [0.2, 0.25) is 0 Å². The number of carbonyl (C=O) groups excluding carboxylic acids is 1. The molecule has 0 radical (unpaired) electrons. The monoisotopic (exact) mass is 269 g/mol. The number of carbonyl (C=O) groups is 1. The van der Waals surface area contributed by atoms with Crippen molar-refractivity contribution in [3.05, 3.63) is 48.3 Å². The molecule has 0 saturated heterocycles. The number of imidazole rings is 2. The van der Waals surface area contributed by atoms with Crippen LogP contribution in [-0.4, -0.2) is 25.4 Å². The molecule has 0 aliphatic carbocycles. The van der Waals surface area contributed by atoms with E-state index in [2.05, 4.69) is 20.3 Å². The fraction of sp³-hybridized carbons (Fsp3) is 0.214. The Labute approximate surface area is 115 Å². The molecule has 2 heterocycles. The number of nitrogens with zero attached hydrogens (tertiary/aromatic N) is 3. The van der Waals surface area contributed by atoms with Crippen molar-refractivity contribution in [2.45, 2.75) is 13.0 Å². The molecular formula is C14H15N5O. The normalized spacial score (nSPS) is 12.5. The van der Waals surface area contributed by atoms with Crippen LogP contribution < -0.4 is 5.32 Å². The summed E-state index contributed by atoms with van der Waals surface area (Å²) in [6.07, 6.45) is 3.33. The van der Waals surface area contributed by atoms with Gasteiger partial charge in [0, 0.05) is 19.4 Å². The Morgan fingerprint density at radius 3 is 2.90 bits per heavy atom. The maximum absolute atomic E-state index is 12.1. The van der Waals surface area contributed by atoms with Gasteiger partial charge in [-0.25, -0.2) is 9.97 Å². The zero-order valence-electron chi connectivity index (χ0n) is 11.3. The molecule has 1 amide bonds. The first-order valence-corrected chi connectivity index (χ1v) is 6.38. The van der Waals surface area contributed by atoms with Gasteiger partial charge in [0.2, 0.25) is 0 Å². The number of aromatic amines is 1. The van der Waals surface area contributed by atoms with Gasteiger partial charge in [0.1, 0.15) is 5.82 Å². The zero-order valence-corrected chi connectivity index (χ0v) is 11.3. The van der Waals surface area contributed by atoms with Crippen LogP contribution in [0.1, 0.15) is 29.4 Å². The Kier molecular flexibility index (Phi) is 2.98. The summed E-state index contributed by atoms with van der Waals surface area (Å²) in [5, 5.41) is 2.88. The summed E-state index contributed by atoms with van der Waals surface area (Å²) in [5.41, 5.74) is 1.85. The molecule has 6 nitrogen and oxygen atoms in total. The Morgan fingerprint density at radius 1 is 1.40 bits per heavy atom. The summed E-state index contributed by atoms with van der Waals surface area (Å²) in [7, 11) is 1.79. The Morgan fingerprint density at radius 2 is 2.20 bits per heavy atom. The molecule has 0 saturated carbocycles. The minimum Gasteiger partial charge on any atom is -0.340 e. The number of benzene rings is 1. The highest BCUT2D eigenvalue weighted by molar-refractivity contribution is 5.91. The van der Waals surface area contributed by atoms with Crippen LogP contribution in [-0.2, 0) is 7.05 Å². The van der Waals surface area contributed by atoms with Crippen molar-refractivity contribution < 1.29 is 4.79 Å². The van der Waals surface area contributed by atoms with E-state index in [-0.39, 0.29) is 11.9 Å². The molecular weight excluding hydrogens is 254 g/mol. The lowest BCUT2D eigenvalue weighted by atomic mass is 10.3. The molecule has 20 heavy (non-hydrogen) atoms. The number of hydrogen-bond acceptors (Lipinski definition) is 3. The number of rotatable bonds is 3. The summed E-state index contributed by atoms with van der Waals surface area (Å²) in [5.74, 6) is 0.896. The first kappa shape index (κ1) is 12.4. The highest BCUT2D eigenvalue weighted by Crippen LogP contribution is 2.15. The fourth-order valence-corrected chi connectivity index (χ4v) is 2.09. The predicted molar refractivity (Wildman–Crippen MR) is 75.2 cm³/mol. The number of H-pyrrole nitrogens is 1. The molecule has 1 aromatic carbocycles. The molecule has 0 bridgehead atoms. The Balaban J connectivity index is 1.80. The maximum atomic E-state index is 12.1. The van der Waals surface area contributed by atoms with E-state index in [1.807, 2.05) is 31.2 Å². The van der Waals surface area contributed by atoms with E-state index < -0.39 is 0 Å². The van der Waals surface area contributed by atoms with E-state index >= 15 is 0 Å². The first-order valence-electron chi connectivity index (χ1n) is 6.38. The predicted octanol–water partition coefficient (Wildman–Crippen LogP) is 1.79. The van der Waals surface area contributed by atoms with Crippen molar-refractivity contribution in [1.82, 2.24) is 24.8 Å². The average Bonchev–Trinajstić information content (AvgIpc) is 3.04. The van der Waals surface area contributed by atoms with Crippen LogP contribution in [0.25, 0.3) is 11.0 Å². The van der Waals surface area contributed by atoms with E-state index in [1.165, 1.54) is 0 Å². The van der Waals surface area contributed by atoms with Crippen LogP contribution in [0.5, 0.6) is 0 Å². The van der Waals surface area contributed by atoms with Gasteiger partial charge in [0.15, 0.2) is 5.82 Å². The summed E-state index contributed by atoms with van der Waals surface area (Å²) >= 11 is 0. The number of nitrogens with one attached hydrogen (secondary N) is 2. The van der Waals surface area contributed by atoms with Crippen LogP contribution in [0.4, 0.5) is 0 Å². The quantitative estimate of drug-likeness (QED) is 0.761. The van der Waals surface area contributed by atoms with Gasteiger partial charge in [-0.15, -0.1) is 0 Å². The SMILES string of the molecule is CC(NC(=O)c1nccn1C)c1nc2ccccc2[nH]1. The standard InChI is InChI=1S/C14H15N5O/c1-9(16-14(20)13-15-7-8-19(13)2)12-17-10-5-3-4-6-11(10)18-12/h3-9H,1-2H3,(H,16,20)(H,17,18). The topological polar surface area (TPSA) is 75.6 Å². The third-order valence-electron chi connectivity index (χ3n) is 3.19. The molecule has 0 aliphatic rings. The van der Waals surface area contributed by atoms with Gasteiger partial charge in [0.25, 0.3) is 5.91 Å². The highest BCUT2D eigenvalue weighted by Gasteiger charge is 2.17. The van der Waals surface area contributed by atoms with E-state index in [9.17, 15) is 4.79 Å².